The van der Waals surface area contributed by atoms with Gasteiger partial charge in [-0.2, -0.15) is 0 Å². The first-order chi connectivity index (χ1) is 17.9. The summed E-state index contributed by atoms with van der Waals surface area (Å²) in [5.41, 5.74) is 2.82. The highest BCUT2D eigenvalue weighted by atomic mass is 79.9. The highest BCUT2D eigenvalue weighted by molar-refractivity contribution is 9.10. The summed E-state index contributed by atoms with van der Waals surface area (Å²) in [7, 11) is 0. The number of rotatable bonds is 10. The van der Waals surface area contributed by atoms with E-state index >= 15 is 0 Å². The van der Waals surface area contributed by atoms with Crippen molar-refractivity contribution in [1.29, 1.82) is 0 Å². The molecular weight excluding hydrogens is 557 g/mol. The molecule has 37 heavy (non-hydrogen) atoms. The fourth-order valence-corrected chi connectivity index (χ4v) is 4.92. The van der Waals surface area contributed by atoms with Gasteiger partial charge in [0.15, 0.2) is 11.5 Å². The summed E-state index contributed by atoms with van der Waals surface area (Å²) in [5, 5.41) is -0.440. The van der Waals surface area contributed by atoms with E-state index in [1.165, 1.54) is 6.07 Å². The van der Waals surface area contributed by atoms with Crippen LogP contribution in [0.5, 0.6) is 11.5 Å². The first kappa shape index (κ1) is 26.7. The lowest BCUT2D eigenvalue weighted by Gasteiger charge is -2.17. The first-order valence-electron chi connectivity index (χ1n) is 11.7. The lowest BCUT2D eigenvalue weighted by molar-refractivity contribution is -0.123. The summed E-state index contributed by atoms with van der Waals surface area (Å²) in [6.45, 7) is 6.39. The van der Waals surface area contributed by atoms with Crippen molar-refractivity contribution in [2.45, 2.75) is 26.5 Å². The predicted molar refractivity (Wildman–Crippen MR) is 148 cm³/mol. The zero-order chi connectivity index (χ0) is 26.4. The van der Waals surface area contributed by atoms with Crippen LogP contribution in [0, 0.1) is 5.82 Å². The van der Waals surface area contributed by atoms with Crippen molar-refractivity contribution in [2.24, 2.45) is 0 Å². The molecule has 8 heteroatoms. The average Bonchev–Trinajstić information content (AvgIpc) is 3.13. The van der Waals surface area contributed by atoms with Crippen LogP contribution in [0.4, 0.5) is 9.18 Å². The van der Waals surface area contributed by atoms with Crippen LogP contribution >= 0.6 is 27.7 Å². The Morgan fingerprint density at radius 1 is 1.05 bits per heavy atom. The van der Waals surface area contributed by atoms with E-state index in [-0.39, 0.29) is 17.0 Å². The van der Waals surface area contributed by atoms with Gasteiger partial charge in [-0.15, -0.1) is 6.58 Å². The van der Waals surface area contributed by atoms with E-state index in [1.807, 2.05) is 37.3 Å². The number of halogens is 2. The summed E-state index contributed by atoms with van der Waals surface area (Å²) in [6.07, 6.45) is 3.94. The van der Waals surface area contributed by atoms with Gasteiger partial charge < -0.3 is 9.47 Å². The van der Waals surface area contributed by atoms with Crippen LogP contribution in [0.15, 0.2) is 82.7 Å². The van der Waals surface area contributed by atoms with Gasteiger partial charge in [-0.05, 0) is 72.6 Å². The molecule has 1 aliphatic rings. The fraction of sp³-hybridized carbons (Fsp3) is 0.172. The molecule has 1 fully saturated rings. The molecule has 3 aromatic rings. The van der Waals surface area contributed by atoms with Crippen molar-refractivity contribution in [3.05, 3.63) is 111 Å². The van der Waals surface area contributed by atoms with Gasteiger partial charge in [-0.25, -0.2) is 4.39 Å². The molecule has 1 saturated heterocycles. The second kappa shape index (κ2) is 12.3. The molecule has 0 saturated carbocycles. The maximum absolute atomic E-state index is 14.1. The minimum atomic E-state index is -0.461. The summed E-state index contributed by atoms with van der Waals surface area (Å²) in [4.78, 5) is 26.9. The van der Waals surface area contributed by atoms with Gasteiger partial charge in [0.1, 0.15) is 12.4 Å². The lowest BCUT2D eigenvalue weighted by atomic mass is 10.0. The van der Waals surface area contributed by atoms with Gasteiger partial charge in [0.2, 0.25) is 0 Å². The molecule has 1 aliphatic heterocycles. The average molecular weight is 582 g/mol. The Bertz CT molecular complexity index is 1360. The molecule has 0 N–H and O–H groups in total. The van der Waals surface area contributed by atoms with E-state index in [1.54, 1.807) is 36.4 Å². The van der Waals surface area contributed by atoms with Crippen molar-refractivity contribution >= 4 is 44.9 Å². The third-order valence-electron chi connectivity index (χ3n) is 5.57. The number of hydrogen-bond donors (Lipinski definition) is 0. The Labute approximate surface area is 228 Å². The molecule has 190 valence electrons. The molecule has 5 nitrogen and oxygen atoms in total. The second-order valence-electron chi connectivity index (χ2n) is 8.21. The van der Waals surface area contributed by atoms with Crippen LogP contribution in [-0.4, -0.2) is 22.7 Å². The third-order valence-corrected chi connectivity index (χ3v) is 7.01. The molecule has 0 atom stereocenters. The Kier molecular flexibility index (Phi) is 8.84. The zero-order valence-electron chi connectivity index (χ0n) is 20.2. The Hall–Kier alpha value is -3.36. The van der Waals surface area contributed by atoms with Crippen LogP contribution in [0.3, 0.4) is 0 Å². The summed E-state index contributed by atoms with van der Waals surface area (Å²) < 4.78 is 27.2. The number of carbonyl (C=O) groups excluding carboxylic acids is 2. The quantitative estimate of drug-likeness (QED) is 0.183. The topological polar surface area (TPSA) is 55.8 Å². The zero-order valence-corrected chi connectivity index (χ0v) is 22.6. The number of imide groups is 1. The van der Waals surface area contributed by atoms with E-state index in [4.69, 9.17) is 9.47 Å². The number of thioether (sulfide) groups is 1. The number of hydrogen-bond acceptors (Lipinski definition) is 5. The minimum Gasteiger partial charge on any atom is -0.490 e. The van der Waals surface area contributed by atoms with Gasteiger partial charge in [-0.1, -0.05) is 52.3 Å². The predicted octanol–water partition coefficient (Wildman–Crippen LogP) is 7.53. The SMILES string of the molecule is C=CCc1cc(/C=C2\SC(=O)N(Cc3ccccc3F)C2=O)cc(OCC)c1OCc1ccc(Br)cc1. The molecule has 0 radical (unpaired) electrons. The minimum absolute atomic E-state index is 0.122. The van der Waals surface area contributed by atoms with Crippen molar-refractivity contribution < 1.29 is 23.5 Å². The molecule has 1 heterocycles. The van der Waals surface area contributed by atoms with E-state index in [2.05, 4.69) is 22.5 Å². The standard InChI is InChI=1S/C29H25BrFNO4S/c1-3-7-21-14-20(15-25(35-4-2)27(21)36-18-19-10-12-23(30)13-11-19)16-26-28(33)32(29(34)37-26)17-22-8-5-6-9-24(22)31/h3,5-6,8-16H,1,4,7,17-18H2,2H3/b26-16-. The van der Waals surface area contributed by atoms with E-state index in [9.17, 15) is 14.0 Å². The second-order valence-corrected chi connectivity index (χ2v) is 10.1. The number of nitrogens with zero attached hydrogens (tertiary/aromatic N) is 1. The van der Waals surface area contributed by atoms with Crippen LogP contribution in [0.2, 0.25) is 0 Å². The van der Waals surface area contributed by atoms with E-state index in [0.717, 1.165) is 32.3 Å². The Morgan fingerprint density at radius 2 is 1.81 bits per heavy atom. The van der Waals surface area contributed by atoms with Gasteiger partial charge in [0.05, 0.1) is 18.1 Å². The van der Waals surface area contributed by atoms with Crippen molar-refractivity contribution in [1.82, 2.24) is 4.90 Å². The molecule has 0 aromatic heterocycles. The highest BCUT2D eigenvalue weighted by Gasteiger charge is 2.35. The van der Waals surface area contributed by atoms with Crippen molar-refractivity contribution in [2.75, 3.05) is 6.61 Å². The molecule has 0 unspecified atom stereocenters. The summed E-state index contributed by atoms with van der Waals surface area (Å²) in [5.74, 6) is 0.224. The highest BCUT2D eigenvalue weighted by Crippen LogP contribution is 2.38. The van der Waals surface area contributed by atoms with Crippen LogP contribution in [-0.2, 0) is 24.4 Å². The number of benzene rings is 3. The van der Waals surface area contributed by atoms with E-state index < -0.39 is 17.0 Å². The number of carbonyl (C=O) groups is 2. The summed E-state index contributed by atoms with van der Waals surface area (Å²) >= 11 is 4.27. The van der Waals surface area contributed by atoms with E-state index in [0.29, 0.717) is 36.7 Å². The van der Waals surface area contributed by atoms with Gasteiger partial charge in [-0.3, -0.25) is 14.5 Å². The summed E-state index contributed by atoms with van der Waals surface area (Å²) in [6, 6.07) is 17.6. The van der Waals surface area contributed by atoms with Crippen LogP contribution < -0.4 is 9.47 Å². The molecule has 0 spiro atoms. The molecule has 0 bridgehead atoms. The first-order valence-corrected chi connectivity index (χ1v) is 13.3. The van der Waals surface area contributed by atoms with Gasteiger partial charge in [0.25, 0.3) is 11.1 Å². The largest absolute Gasteiger partial charge is 0.490 e. The van der Waals surface area contributed by atoms with Gasteiger partial charge >= 0.3 is 0 Å². The molecule has 4 rings (SSSR count). The lowest BCUT2D eigenvalue weighted by Crippen LogP contribution is -2.27. The van der Waals surface area contributed by atoms with Crippen LogP contribution in [0.25, 0.3) is 6.08 Å². The Morgan fingerprint density at radius 3 is 2.51 bits per heavy atom. The number of amides is 2. The van der Waals surface area contributed by atoms with Crippen molar-refractivity contribution in [3.63, 3.8) is 0 Å². The van der Waals surface area contributed by atoms with Crippen molar-refractivity contribution in [3.8, 4) is 11.5 Å². The van der Waals surface area contributed by atoms with Crippen LogP contribution in [0.1, 0.15) is 29.2 Å². The molecular formula is C29H25BrFNO4S. The maximum atomic E-state index is 14.1. The normalized spacial score (nSPS) is 14.4. The van der Waals surface area contributed by atoms with Gasteiger partial charge in [0, 0.05) is 15.6 Å². The Balaban J connectivity index is 1.62. The monoisotopic (exact) mass is 581 g/mol. The third kappa shape index (κ3) is 6.50. The molecule has 3 aromatic carbocycles. The molecule has 0 aliphatic carbocycles. The number of ether oxygens (including phenoxy) is 2. The molecule has 2 amide bonds. The smallest absolute Gasteiger partial charge is 0.293 e. The maximum Gasteiger partial charge on any atom is 0.293 e. The fourth-order valence-electron chi connectivity index (χ4n) is 3.82. The number of allylic oxidation sites excluding steroid dienone is 1.